The van der Waals surface area contributed by atoms with E-state index in [1.54, 1.807) is 0 Å². The summed E-state index contributed by atoms with van der Waals surface area (Å²) in [5.41, 5.74) is 2.29. The van der Waals surface area contributed by atoms with E-state index in [-0.39, 0.29) is 6.10 Å². The van der Waals surface area contributed by atoms with Crippen molar-refractivity contribution in [1.29, 1.82) is 5.26 Å². The third kappa shape index (κ3) is 3.47. The molecular formula is C14H20N2O. The summed E-state index contributed by atoms with van der Waals surface area (Å²) in [5, 5.41) is 12.1. The molecule has 1 rings (SSSR count). The van der Waals surface area contributed by atoms with Crippen molar-refractivity contribution in [3.63, 3.8) is 0 Å². The number of ether oxygens (including phenoxy) is 1. The number of rotatable bonds is 5. The molecule has 92 valence electrons. The zero-order chi connectivity index (χ0) is 12.8. The molecule has 17 heavy (non-hydrogen) atoms. The van der Waals surface area contributed by atoms with E-state index in [1.807, 2.05) is 33.0 Å². The van der Waals surface area contributed by atoms with Gasteiger partial charge in [-0.15, -0.1) is 0 Å². The Kier molecular flexibility index (Phi) is 4.99. The van der Waals surface area contributed by atoms with Gasteiger partial charge in [0, 0.05) is 6.04 Å². The Morgan fingerprint density at radius 2 is 2.18 bits per heavy atom. The van der Waals surface area contributed by atoms with Crippen molar-refractivity contribution < 1.29 is 4.74 Å². The summed E-state index contributed by atoms with van der Waals surface area (Å²) in [6, 6.07) is 8.54. The van der Waals surface area contributed by atoms with E-state index in [9.17, 15) is 0 Å². The first kappa shape index (κ1) is 13.5. The molecule has 2 atom stereocenters. The molecule has 0 saturated heterocycles. The van der Waals surface area contributed by atoms with Crippen LogP contribution in [0.3, 0.4) is 0 Å². The van der Waals surface area contributed by atoms with E-state index in [4.69, 9.17) is 10.00 Å². The van der Waals surface area contributed by atoms with Crippen molar-refractivity contribution in [3.05, 3.63) is 29.3 Å². The number of hydrogen-bond donors (Lipinski definition) is 1. The molecule has 0 aliphatic carbocycles. The van der Waals surface area contributed by atoms with Gasteiger partial charge in [0.25, 0.3) is 0 Å². The van der Waals surface area contributed by atoms with Gasteiger partial charge in [-0.3, -0.25) is 0 Å². The predicted octanol–water partition coefficient (Wildman–Crippen LogP) is 2.96. The van der Waals surface area contributed by atoms with E-state index in [1.165, 1.54) is 5.56 Å². The fourth-order valence-corrected chi connectivity index (χ4v) is 1.60. The molecule has 3 heteroatoms. The Hall–Kier alpha value is -1.53. The van der Waals surface area contributed by atoms with Crippen LogP contribution in [0, 0.1) is 18.3 Å². The Morgan fingerprint density at radius 1 is 1.47 bits per heavy atom. The van der Waals surface area contributed by atoms with Crippen molar-refractivity contribution in [3.8, 4) is 11.8 Å². The zero-order valence-corrected chi connectivity index (χ0v) is 10.9. The molecule has 3 nitrogen and oxygen atoms in total. The van der Waals surface area contributed by atoms with E-state index >= 15 is 0 Å². The molecule has 0 aliphatic rings. The second-order valence-corrected chi connectivity index (χ2v) is 4.18. The van der Waals surface area contributed by atoms with Gasteiger partial charge in [0.05, 0.1) is 0 Å². The van der Waals surface area contributed by atoms with Crippen LogP contribution in [-0.4, -0.2) is 13.2 Å². The minimum absolute atomic E-state index is 0.320. The first-order valence-electron chi connectivity index (χ1n) is 5.96. The summed E-state index contributed by atoms with van der Waals surface area (Å²) in [5.74, 6) is 0.797. The number of nitrogens with zero attached hydrogens (tertiary/aromatic N) is 1. The molecule has 0 spiro atoms. The molecule has 0 aromatic heterocycles. The molecule has 0 fully saturated rings. The van der Waals surface area contributed by atoms with Crippen molar-refractivity contribution in [2.75, 3.05) is 7.05 Å². The van der Waals surface area contributed by atoms with Crippen LogP contribution in [-0.2, 0) is 0 Å². The fourth-order valence-electron chi connectivity index (χ4n) is 1.60. The lowest BCUT2D eigenvalue weighted by Gasteiger charge is -2.16. The maximum absolute atomic E-state index is 8.87. The SMILES string of the molecule is CCC(C#N)Oc1ccc(C(C)NC)cc1C. The quantitative estimate of drug-likeness (QED) is 0.849. The molecule has 0 saturated carbocycles. The van der Waals surface area contributed by atoms with Crippen molar-refractivity contribution in [2.24, 2.45) is 0 Å². The van der Waals surface area contributed by atoms with Crippen LogP contribution in [0.5, 0.6) is 5.75 Å². The maximum atomic E-state index is 8.87. The molecule has 0 bridgehead atoms. The Bertz CT molecular complexity index is 409. The van der Waals surface area contributed by atoms with E-state index < -0.39 is 0 Å². The van der Waals surface area contributed by atoms with Crippen LogP contribution in [0.25, 0.3) is 0 Å². The normalized spacial score (nSPS) is 13.8. The monoisotopic (exact) mass is 232 g/mol. The molecule has 0 heterocycles. The molecule has 0 amide bonds. The molecule has 1 aromatic carbocycles. The van der Waals surface area contributed by atoms with Gasteiger partial charge in [0.2, 0.25) is 0 Å². The highest BCUT2D eigenvalue weighted by Gasteiger charge is 2.10. The lowest BCUT2D eigenvalue weighted by molar-refractivity contribution is 0.250. The second-order valence-electron chi connectivity index (χ2n) is 4.18. The molecule has 1 aromatic rings. The molecular weight excluding hydrogens is 212 g/mol. The zero-order valence-electron chi connectivity index (χ0n) is 10.9. The first-order chi connectivity index (χ1) is 8.12. The van der Waals surface area contributed by atoms with Crippen molar-refractivity contribution in [2.45, 2.75) is 39.3 Å². The maximum Gasteiger partial charge on any atom is 0.184 e. The van der Waals surface area contributed by atoms with Crippen LogP contribution >= 0.6 is 0 Å². The number of aryl methyl sites for hydroxylation is 1. The summed E-state index contributed by atoms with van der Waals surface area (Å²) in [4.78, 5) is 0. The Balaban J connectivity index is 2.87. The third-order valence-corrected chi connectivity index (χ3v) is 2.92. The topological polar surface area (TPSA) is 45.0 Å². The number of hydrogen-bond acceptors (Lipinski definition) is 3. The highest BCUT2D eigenvalue weighted by atomic mass is 16.5. The van der Waals surface area contributed by atoms with Gasteiger partial charge in [-0.25, -0.2) is 0 Å². The lowest BCUT2D eigenvalue weighted by atomic mass is 10.1. The van der Waals surface area contributed by atoms with Crippen LogP contribution in [0.1, 0.15) is 37.4 Å². The van der Waals surface area contributed by atoms with Crippen LogP contribution in [0.2, 0.25) is 0 Å². The smallest absolute Gasteiger partial charge is 0.184 e. The molecule has 0 radical (unpaired) electrons. The van der Waals surface area contributed by atoms with Gasteiger partial charge < -0.3 is 10.1 Å². The Morgan fingerprint density at radius 3 is 2.65 bits per heavy atom. The summed E-state index contributed by atoms with van der Waals surface area (Å²) < 4.78 is 5.63. The fraction of sp³-hybridized carbons (Fsp3) is 0.500. The lowest BCUT2D eigenvalue weighted by Crippen LogP contribution is -2.14. The second kappa shape index (κ2) is 6.27. The highest BCUT2D eigenvalue weighted by molar-refractivity contribution is 5.37. The molecule has 1 N–H and O–H groups in total. The summed E-state index contributed by atoms with van der Waals surface area (Å²) in [6.45, 7) is 6.06. The van der Waals surface area contributed by atoms with Gasteiger partial charge in [0.1, 0.15) is 11.8 Å². The Labute approximate surface area is 103 Å². The minimum atomic E-state index is -0.360. The average Bonchev–Trinajstić information content (AvgIpc) is 2.36. The number of nitrogens with one attached hydrogen (secondary N) is 1. The standard InChI is InChI=1S/C14H20N2O/c1-5-13(9-15)17-14-7-6-12(8-10(14)2)11(3)16-4/h6-8,11,13,16H,5H2,1-4H3. The summed E-state index contributed by atoms with van der Waals surface area (Å²) in [6.07, 6.45) is 0.339. The van der Waals surface area contributed by atoms with Crippen LogP contribution < -0.4 is 10.1 Å². The van der Waals surface area contributed by atoms with Crippen LogP contribution in [0.4, 0.5) is 0 Å². The third-order valence-electron chi connectivity index (χ3n) is 2.92. The van der Waals surface area contributed by atoms with E-state index in [0.29, 0.717) is 12.5 Å². The predicted molar refractivity (Wildman–Crippen MR) is 69.0 cm³/mol. The number of nitriles is 1. The number of benzene rings is 1. The van der Waals surface area contributed by atoms with E-state index in [0.717, 1.165) is 11.3 Å². The highest BCUT2D eigenvalue weighted by Crippen LogP contribution is 2.23. The molecule has 0 aliphatic heterocycles. The largest absolute Gasteiger partial charge is 0.475 e. The van der Waals surface area contributed by atoms with Gasteiger partial charge >= 0.3 is 0 Å². The molecule has 2 unspecified atom stereocenters. The summed E-state index contributed by atoms with van der Waals surface area (Å²) >= 11 is 0. The van der Waals surface area contributed by atoms with Crippen molar-refractivity contribution in [1.82, 2.24) is 5.32 Å². The summed E-state index contributed by atoms with van der Waals surface area (Å²) in [7, 11) is 1.94. The van der Waals surface area contributed by atoms with E-state index in [2.05, 4.69) is 24.4 Å². The minimum Gasteiger partial charge on any atom is -0.475 e. The average molecular weight is 232 g/mol. The van der Waals surface area contributed by atoms with Gasteiger partial charge in [-0.1, -0.05) is 19.1 Å². The van der Waals surface area contributed by atoms with Crippen molar-refractivity contribution >= 4 is 0 Å². The van der Waals surface area contributed by atoms with Gasteiger partial charge in [-0.05, 0) is 44.5 Å². The van der Waals surface area contributed by atoms with Crippen LogP contribution in [0.15, 0.2) is 18.2 Å². The van der Waals surface area contributed by atoms with Gasteiger partial charge in [-0.2, -0.15) is 5.26 Å². The van der Waals surface area contributed by atoms with Gasteiger partial charge in [0.15, 0.2) is 6.10 Å². The first-order valence-corrected chi connectivity index (χ1v) is 5.96.